The Balaban J connectivity index is 2.25. The minimum Gasteiger partial charge on any atom is -0.0877 e. The van der Waals surface area contributed by atoms with E-state index in [0.717, 1.165) is 17.8 Å². The van der Waals surface area contributed by atoms with Crippen LogP contribution in [0.2, 0.25) is 0 Å². The molecule has 0 bridgehead atoms. The fourth-order valence-corrected chi connectivity index (χ4v) is 4.03. The van der Waals surface area contributed by atoms with Gasteiger partial charge >= 0.3 is 0 Å². The number of hydrogen-bond donors (Lipinski definition) is 0. The van der Waals surface area contributed by atoms with E-state index in [4.69, 9.17) is 0 Å². The molecule has 0 saturated heterocycles. The first-order valence-corrected chi connectivity index (χ1v) is 6.37. The highest BCUT2D eigenvalue weighted by molar-refractivity contribution is 5.08. The van der Waals surface area contributed by atoms with E-state index in [0.29, 0.717) is 5.41 Å². The van der Waals surface area contributed by atoms with Gasteiger partial charge in [0.1, 0.15) is 0 Å². The van der Waals surface area contributed by atoms with Crippen molar-refractivity contribution in [3.05, 3.63) is 12.2 Å². The minimum absolute atomic E-state index is 0.683. The van der Waals surface area contributed by atoms with Crippen molar-refractivity contribution < 1.29 is 0 Å². The van der Waals surface area contributed by atoms with E-state index in [1.165, 1.54) is 32.1 Å². The maximum absolute atomic E-state index is 2.49. The van der Waals surface area contributed by atoms with E-state index in [1.807, 2.05) is 0 Å². The van der Waals surface area contributed by atoms with Crippen molar-refractivity contribution in [3.8, 4) is 0 Å². The molecular formula is C14H24. The molecule has 0 radical (unpaired) electrons. The lowest BCUT2D eigenvalue weighted by Gasteiger charge is -2.45. The SMILES string of the molecule is CCC1CCCC12CC=C[C@H](C)[C@@H]2C. The maximum atomic E-state index is 2.49. The lowest BCUT2D eigenvalue weighted by molar-refractivity contribution is 0.0761. The van der Waals surface area contributed by atoms with Crippen LogP contribution in [0.5, 0.6) is 0 Å². The molecule has 0 heterocycles. The van der Waals surface area contributed by atoms with Crippen LogP contribution < -0.4 is 0 Å². The van der Waals surface area contributed by atoms with Crippen molar-refractivity contribution in [2.75, 3.05) is 0 Å². The van der Waals surface area contributed by atoms with E-state index >= 15 is 0 Å². The Morgan fingerprint density at radius 2 is 2.14 bits per heavy atom. The van der Waals surface area contributed by atoms with Gasteiger partial charge in [-0.2, -0.15) is 0 Å². The molecule has 0 aromatic rings. The quantitative estimate of drug-likeness (QED) is 0.540. The Kier molecular flexibility index (Phi) is 2.72. The van der Waals surface area contributed by atoms with Crippen LogP contribution in [0.3, 0.4) is 0 Å². The van der Waals surface area contributed by atoms with Gasteiger partial charge in [-0.05, 0) is 42.4 Å². The Hall–Kier alpha value is -0.260. The van der Waals surface area contributed by atoms with Gasteiger partial charge < -0.3 is 0 Å². The third kappa shape index (κ3) is 1.34. The van der Waals surface area contributed by atoms with Crippen LogP contribution in [-0.2, 0) is 0 Å². The fourth-order valence-electron chi connectivity index (χ4n) is 4.03. The van der Waals surface area contributed by atoms with Gasteiger partial charge in [0.05, 0.1) is 0 Å². The van der Waals surface area contributed by atoms with Crippen molar-refractivity contribution in [1.82, 2.24) is 0 Å². The smallest absolute Gasteiger partial charge is 0.0204 e. The maximum Gasteiger partial charge on any atom is -0.0204 e. The van der Waals surface area contributed by atoms with Crippen LogP contribution in [0.25, 0.3) is 0 Å². The van der Waals surface area contributed by atoms with E-state index in [9.17, 15) is 0 Å². The summed E-state index contributed by atoms with van der Waals surface area (Å²) < 4.78 is 0. The fraction of sp³-hybridized carbons (Fsp3) is 0.857. The van der Waals surface area contributed by atoms with Crippen LogP contribution >= 0.6 is 0 Å². The third-order valence-electron chi connectivity index (χ3n) is 5.13. The van der Waals surface area contributed by atoms with Crippen molar-refractivity contribution >= 4 is 0 Å². The molecule has 2 rings (SSSR count). The molecule has 0 nitrogen and oxygen atoms in total. The standard InChI is InChI=1S/C14H24/c1-4-13-8-6-10-14(13)9-5-7-11(2)12(14)3/h5,7,11-13H,4,6,8-10H2,1-3H3/t11-,12-,13?,14?/m0/s1. The van der Waals surface area contributed by atoms with Gasteiger partial charge in [-0.1, -0.05) is 45.8 Å². The summed E-state index contributed by atoms with van der Waals surface area (Å²) in [5.74, 6) is 2.71. The molecule has 4 atom stereocenters. The summed E-state index contributed by atoms with van der Waals surface area (Å²) in [5, 5.41) is 0. The zero-order valence-corrected chi connectivity index (χ0v) is 9.92. The Morgan fingerprint density at radius 1 is 1.36 bits per heavy atom. The van der Waals surface area contributed by atoms with Gasteiger partial charge in [0.15, 0.2) is 0 Å². The predicted molar refractivity (Wildman–Crippen MR) is 62.2 cm³/mol. The summed E-state index contributed by atoms with van der Waals surface area (Å²) in [6.45, 7) is 7.27. The van der Waals surface area contributed by atoms with E-state index < -0.39 is 0 Å². The molecule has 2 aliphatic carbocycles. The zero-order valence-electron chi connectivity index (χ0n) is 9.92. The van der Waals surface area contributed by atoms with Gasteiger partial charge in [-0.3, -0.25) is 0 Å². The van der Waals surface area contributed by atoms with Crippen molar-refractivity contribution in [1.29, 1.82) is 0 Å². The summed E-state index contributed by atoms with van der Waals surface area (Å²) in [6.07, 6.45) is 12.1. The molecule has 0 aromatic carbocycles. The Bertz CT molecular complexity index is 228. The van der Waals surface area contributed by atoms with Gasteiger partial charge in [0.25, 0.3) is 0 Å². The lowest BCUT2D eigenvalue weighted by Crippen LogP contribution is -2.37. The molecule has 80 valence electrons. The minimum atomic E-state index is 0.683. The summed E-state index contributed by atoms with van der Waals surface area (Å²) in [4.78, 5) is 0. The highest BCUT2D eigenvalue weighted by Crippen LogP contribution is 2.56. The summed E-state index contributed by atoms with van der Waals surface area (Å²) in [5.41, 5.74) is 0.683. The van der Waals surface area contributed by atoms with Crippen LogP contribution in [0.4, 0.5) is 0 Å². The number of rotatable bonds is 1. The van der Waals surface area contributed by atoms with E-state index in [-0.39, 0.29) is 0 Å². The lowest BCUT2D eigenvalue weighted by atomic mass is 9.60. The van der Waals surface area contributed by atoms with Crippen LogP contribution in [0.15, 0.2) is 12.2 Å². The Labute approximate surface area is 88.8 Å². The number of allylic oxidation sites excluding steroid dienone is 2. The van der Waals surface area contributed by atoms with Crippen LogP contribution in [0.1, 0.15) is 52.9 Å². The first-order valence-electron chi connectivity index (χ1n) is 6.37. The summed E-state index contributed by atoms with van der Waals surface area (Å²) in [7, 11) is 0. The second-order valence-corrected chi connectivity index (χ2v) is 5.51. The molecular weight excluding hydrogens is 168 g/mol. The van der Waals surface area contributed by atoms with Crippen molar-refractivity contribution in [2.45, 2.75) is 52.9 Å². The molecule has 0 aliphatic heterocycles. The van der Waals surface area contributed by atoms with Gasteiger partial charge in [0, 0.05) is 0 Å². The first-order chi connectivity index (χ1) is 6.70. The second-order valence-electron chi connectivity index (χ2n) is 5.51. The largest absolute Gasteiger partial charge is 0.0877 e. The highest BCUT2D eigenvalue weighted by Gasteiger charge is 2.47. The predicted octanol–water partition coefficient (Wildman–Crippen LogP) is 4.42. The second kappa shape index (κ2) is 3.72. The topological polar surface area (TPSA) is 0 Å². The van der Waals surface area contributed by atoms with Crippen molar-refractivity contribution in [3.63, 3.8) is 0 Å². The van der Waals surface area contributed by atoms with Crippen molar-refractivity contribution in [2.24, 2.45) is 23.2 Å². The normalized spacial score (nSPS) is 47.5. The van der Waals surface area contributed by atoms with Gasteiger partial charge in [-0.25, -0.2) is 0 Å². The van der Waals surface area contributed by atoms with Crippen LogP contribution in [-0.4, -0.2) is 0 Å². The number of hydrogen-bond acceptors (Lipinski definition) is 0. The Morgan fingerprint density at radius 3 is 2.86 bits per heavy atom. The average molecular weight is 192 g/mol. The average Bonchev–Trinajstić information content (AvgIpc) is 2.58. The highest BCUT2D eigenvalue weighted by atomic mass is 14.5. The zero-order chi connectivity index (χ0) is 10.2. The van der Waals surface area contributed by atoms with Gasteiger partial charge in [0.2, 0.25) is 0 Å². The van der Waals surface area contributed by atoms with E-state index in [2.05, 4.69) is 32.9 Å². The summed E-state index contributed by atoms with van der Waals surface area (Å²) in [6, 6.07) is 0. The molecule has 0 aromatic heterocycles. The van der Waals surface area contributed by atoms with Gasteiger partial charge in [-0.15, -0.1) is 0 Å². The van der Waals surface area contributed by atoms with E-state index in [1.54, 1.807) is 0 Å². The monoisotopic (exact) mass is 192 g/mol. The first kappa shape index (κ1) is 10.3. The molecule has 0 heteroatoms. The molecule has 0 N–H and O–H groups in total. The molecule has 1 saturated carbocycles. The third-order valence-corrected chi connectivity index (χ3v) is 5.13. The molecule has 1 spiro atoms. The molecule has 2 unspecified atom stereocenters. The molecule has 2 aliphatic rings. The molecule has 1 fully saturated rings. The van der Waals surface area contributed by atoms with Crippen LogP contribution in [0, 0.1) is 23.2 Å². The molecule has 0 amide bonds. The molecule has 14 heavy (non-hydrogen) atoms. The summed E-state index contributed by atoms with van der Waals surface area (Å²) >= 11 is 0.